The third kappa shape index (κ3) is 1.97. The second kappa shape index (κ2) is 3.40. The monoisotopic (exact) mass is 208 g/mol. The summed E-state index contributed by atoms with van der Waals surface area (Å²) in [5.41, 5.74) is 2.49. The van der Waals surface area contributed by atoms with Gasteiger partial charge in [-0.3, -0.25) is 0 Å². The first-order chi connectivity index (χ1) is 6.58. The van der Waals surface area contributed by atoms with Crippen LogP contribution in [0.3, 0.4) is 0 Å². The van der Waals surface area contributed by atoms with Crippen molar-refractivity contribution >= 4 is 0 Å². The molecule has 1 rings (SSSR count). The van der Waals surface area contributed by atoms with Gasteiger partial charge in [-0.25, -0.2) is 0 Å². The van der Waals surface area contributed by atoms with E-state index in [0.29, 0.717) is 11.7 Å². The van der Waals surface area contributed by atoms with Crippen LogP contribution in [0.5, 0.6) is 0 Å². The van der Waals surface area contributed by atoms with Gasteiger partial charge in [0.15, 0.2) is 0 Å². The zero-order chi connectivity index (χ0) is 12.0. The molecule has 1 heteroatoms. The van der Waals surface area contributed by atoms with E-state index in [1.807, 2.05) is 6.92 Å². The molecule has 1 aliphatic rings. The molecule has 0 bridgehead atoms. The Kier molecular flexibility index (Phi) is 2.80. The third-order valence-corrected chi connectivity index (χ3v) is 3.77. The van der Waals surface area contributed by atoms with E-state index in [-0.39, 0.29) is 10.8 Å². The van der Waals surface area contributed by atoms with Crippen LogP contribution in [0.2, 0.25) is 0 Å². The maximum Gasteiger partial charge on any atom is 0.101 e. The van der Waals surface area contributed by atoms with Crippen LogP contribution in [0.25, 0.3) is 0 Å². The van der Waals surface area contributed by atoms with E-state index in [9.17, 15) is 5.11 Å². The summed E-state index contributed by atoms with van der Waals surface area (Å²) >= 11 is 0. The average molecular weight is 208 g/mol. The average Bonchev–Trinajstić information content (AvgIpc) is 2.07. The van der Waals surface area contributed by atoms with Crippen molar-refractivity contribution < 1.29 is 5.11 Å². The Morgan fingerprint density at radius 1 is 1.27 bits per heavy atom. The zero-order valence-corrected chi connectivity index (χ0v) is 11.1. The summed E-state index contributed by atoms with van der Waals surface area (Å²) < 4.78 is 0. The van der Waals surface area contributed by atoms with Crippen molar-refractivity contribution in [3.05, 3.63) is 23.0 Å². The lowest BCUT2D eigenvalue weighted by Gasteiger charge is -2.42. The molecule has 0 amide bonds. The van der Waals surface area contributed by atoms with E-state index in [1.54, 1.807) is 0 Å². The van der Waals surface area contributed by atoms with Gasteiger partial charge < -0.3 is 5.11 Å². The summed E-state index contributed by atoms with van der Waals surface area (Å²) in [5.74, 6) is 0.934. The van der Waals surface area contributed by atoms with Gasteiger partial charge in [-0.15, -0.1) is 0 Å². The molecule has 0 saturated heterocycles. The van der Waals surface area contributed by atoms with E-state index in [2.05, 4.69) is 47.6 Å². The van der Waals surface area contributed by atoms with Crippen LogP contribution in [-0.4, -0.2) is 5.11 Å². The molecule has 0 saturated carbocycles. The van der Waals surface area contributed by atoms with E-state index in [4.69, 9.17) is 0 Å². The highest BCUT2D eigenvalue weighted by Gasteiger charge is 2.39. The summed E-state index contributed by atoms with van der Waals surface area (Å²) in [7, 11) is 0. The topological polar surface area (TPSA) is 20.2 Å². The molecule has 1 aliphatic carbocycles. The number of aliphatic hydroxyl groups is 1. The van der Waals surface area contributed by atoms with Crippen LogP contribution in [-0.2, 0) is 0 Å². The number of rotatable bonds is 0. The minimum atomic E-state index is -0.137. The lowest BCUT2D eigenvalue weighted by molar-refractivity contribution is 0.180. The first-order valence-corrected chi connectivity index (χ1v) is 5.71. The highest BCUT2D eigenvalue weighted by Crippen LogP contribution is 2.48. The quantitative estimate of drug-likeness (QED) is 0.623. The fraction of sp³-hybridized carbons (Fsp3) is 0.714. The second-order valence-corrected chi connectivity index (χ2v) is 6.32. The molecule has 0 spiro atoms. The van der Waals surface area contributed by atoms with Crippen molar-refractivity contribution in [1.29, 1.82) is 0 Å². The standard InChI is InChI=1S/C14H24O/c1-9-8-11(13(3,4)5)10(2)14(6,7)12(9)15/h8,10,15H,1-7H3. The van der Waals surface area contributed by atoms with E-state index in [1.165, 1.54) is 5.57 Å². The number of aliphatic hydroxyl groups excluding tert-OH is 1. The van der Waals surface area contributed by atoms with Gasteiger partial charge in [0.2, 0.25) is 0 Å². The summed E-state index contributed by atoms with van der Waals surface area (Å²) in [4.78, 5) is 0. The fourth-order valence-electron chi connectivity index (χ4n) is 2.39. The van der Waals surface area contributed by atoms with Gasteiger partial charge in [0.1, 0.15) is 5.76 Å². The molecule has 0 aromatic heterocycles. The normalized spacial score (nSPS) is 26.6. The molecule has 15 heavy (non-hydrogen) atoms. The predicted molar refractivity (Wildman–Crippen MR) is 65.8 cm³/mol. The maximum atomic E-state index is 10.1. The molecule has 0 heterocycles. The molecule has 1 N–H and O–H groups in total. The molecule has 1 nitrogen and oxygen atoms in total. The van der Waals surface area contributed by atoms with Crippen LogP contribution in [0.1, 0.15) is 48.5 Å². The first-order valence-electron chi connectivity index (χ1n) is 5.71. The molecule has 0 aromatic carbocycles. The largest absolute Gasteiger partial charge is 0.511 e. The molecule has 1 unspecified atom stereocenters. The van der Waals surface area contributed by atoms with Crippen LogP contribution in [0.4, 0.5) is 0 Å². The SMILES string of the molecule is CC1=C(O)C(C)(C)C(C)C(C(C)(C)C)=C1. The number of hydrogen-bond acceptors (Lipinski definition) is 1. The van der Waals surface area contributed by atoms with Gasteiger partial charge in [-0.05, 0) is 23.8 Å². The minimum Gasteiger partial charge on any atom is -0.511 e. The van der Waals surface area contributed by atoms with Gasteiger partial charge in [-0.2, -0.15) is 0 Å². The minimum absolute atomic E-state index is 0.137. The Hall–Kier alpha value is -0.720. The maximum absolute atomic E-state index is 10.1. The van der Waals surface area contributed by atoms with Crippen LogP contribution >= 0.6 is 0 Å². The van der Waals surface area contributed by atoms with Gasteiger partial charge in [0.25, 0.3) is 0 Å². The molecule has 1 atom stereocenters. The highest BCUT2D eigenvalue weighted by molar-refractivity contribution is 5.37. The van der Waals surface area contributed by atoms with E-state index < -0.39 is 0 Å². The lowest BCUT2D eigenvalue weighted by Crippen LogP contribution is -2.33. The Morgan fingerprint density at radius 3 is 2.13 bits per heavy atom. The summed E-state index contributed by atoms with van der Waals surface area (Å²) in [6.45, 7) is 15.2. The van der Waals surface area contributed by atoms with Crippen molar-refractivity contribution in [3.8, 4) is 0 Å². The van der Waals surface area contributed by atoms with Crippen LogP contribution in [0, 0.1) is 16.7 Å². The lowest BCUT2D eigenvalue weighted by atomic mass is 9.64. The molecular weight excluding hydrogens is 184 g/mol. The Morgan fingerprint density at radius 2 is 1.73 bits per heavy atom. The van der Waals surface area contributed by atoms with Gasteiger partial charge in [0.05, 0.1) is 0 Å². The highest BCUT2D eigenvalue weighted by atomic mass is 16.3. The Labute approximate surface area is 93.9 Å². The fourth-order valence-corrected chi connectivity index (χ4v) is 2.39. The number of hydrogen-bond donors (Lipinski definition) is 1. The van der Waals surface area contributed by atoms with Crippen molar-refractivity contribution in [2.24, 2.45) is 16.7 Å². The zero-order valence-electron chi connectivity index (χ0n) is 11.1. The smallest absolute Gasteiger partial charge is 0.101 e. The van der Waals surface area contributed by atoms with Crippen molar-refractivity contribution in [2.45, 2.75) is 48.5 Å². The Balaban J connectivity index is 3.30. The van der Waals surface area contributed by atoms with E-state index >= 15 is 0 Å². The van der Waals surface area contributed by atoms with Crippen molar-refractivity contribution in [1.82, 2.24) is 0 Å². The van der Waals surface area contributed by atoms with Gasteiger partial charge in [0, 0.05) is 5.41 Å². The van der Waals surface area contributed by atoms with Crippen LogP contribution in [0.15, 0.2) is 23.0 Å². The predicted octanol–water partition coefficient (Wildman–Crippen LogP) is 4.47. The van der Waals surface area contributed by atoms with E-state index in [0.717, 1.165) is 5.57 Å². The third-order valence-electron chi connectivity index (χ3n) is 3.77. The molecule has 0 aromatic rings. The molecular formula is C14H24O. The number of allylic oxidation sites excluding steroid dienone is 4. The summed E-state index contributed by atoms with van der Waals surface area (Å²) in [5, 5.41) is 10.1. The molecule has 0 fully saturated rings. The van der Waals surface area contributed by atoms with Gasteiger partial charge in [-0.1, -0.05) is 53.2 Å². The van der Waals surface area contributed by atoms with Crippen molar-refractivity contribution in [3.63, 3.8) is 0 Å². The summed E-state index contributed by atoms with van der Waals surface area (Å²) in [6.07, 6.45) is 2.16. The summed E-state index contributed by atoms with van der Waals surface area (Å²) in [6, 6.07) is 0. The Bertz CT molecular complexity index is 324. The molecule has 86 valence electrons. The van der Waals surface area contributed by atoms with Crippen molar-refractivity contribution in [2.75, 3.05) is 0 Å². The first kappa shape index (κ1) is 12.4. The second-order valence-electron chi connectivity index (χ2n) is 6.32. The van der Waals surface area contributed by atoms with Crippen LogP contribution < -0.4 is 0 Å². The molecule has 0 radical (unpaired) electrons. The molecule has 0 aliphatic heterocycles. The van der Waals surface area contributed by atoms with Gasteiger partial charge >= 0.3 is 0 Å².